The quantitative estimate of drug-likeness (QED) is 0.192. The fourth-order valence-electron chi connectivity index (χ4n) is 1.40. The first-order chi connectivity index (χ1) is 9.26. The van der Waals surface area contributed by atoms with Gasteiger partial charge < -0.3 is 44.5 Å². The summed E-state index contributed by atoms with van der Waals surface area (Å²) in [4.78, 5) is 43.1. The van der Waals surface area contributed by atoms with Gasteiger partial charge in [0.2, 0.25) is 0 Å². The van der Waals surface area contributed by atoms with E-state index in [1.54, 1.807) is 0 Å². The normalized spacial score (nSPS) is 10.7. The van der Waals surface area contributed by atoms with Crippen LogP contribution in [0.4, 0.5) is 0 Å². The largest absolute Gasteiger partial charge is 2.00 e. The van der Waals surface area contributed by atoms with Crippen LogP contribution in [0.5, 0.6) is 0 Å². The van der Waals surface area contributed by atoms with E-state index < -0.39 is 43.8 Å². The van der Waals surface area contributed by atoms with E-state index in [0.717, 1.165) is 4.90 Å². The van der Waals surface area contributed by atoms with Crippen LogP contribution in [0.25, 0.3) is 0 Å². The van der Waals surface area contributed by atoms with Gasteiger partial charge in [0.1, 0.15) is 6.29 Å². The molecule has 0 aliphatic heterocycles. The molecule has 0 bridgehead atoms. The Morgan fingerprint density at radius 1 is 0.870 bits per heavy atom. The standard InChI is InChI=1S/C10H15N2O8.Ca.2Na/c13-6-7(14)12(5-10(19)20)2-1-11(3-8(15)16)4-9(17)18;;;/h6-7H,1-5H2,(H,15,16)(H,17,18)(H,19,20);;;/q-1;+2;2*+1/p-3. The number of carboxylic acid groups (broad SMARTS) is 3. The molecule has 0 aliphatic carbocycles. The third kappa shape index (κ3) is 17.8. The molecule has 0 aromatic rings. The molecule has 0 saturated carbocycles. The molecule has 0 aromatic carbocycles. The molecule has 0 fully saturated rings. The van der Waals surface area contributed by atoms with Crippen LogP contribution in [-0.4, -0.2) is 111 Å². The van der Waals surface area contributed by atoms with Gasteiger partial charge >= 0.3 is 96.9 Å². The SMILES string of the molecule is O=CC([O-])N(CCN(CC(=O)[O-])CC(=O)[O-])CC(=O)[O-].[Ca+2].[Na+].[Na+]. The molecule has 23 heavy (non-hydrogen) atoms. The van der Waals surface area contributed by atoms with Crippen molar-refractivity contribution in [2.75, 3.05) is 32.7 Å². The summed E-state index contributed by atoms with van der Waals surface area (Å²) in [5, 5.41) is 42.4. The van der Waals surface area contributed by atoms with Crippen molar-refractivity contribution in [2.45, 2.75) is 6.23 Å². The molecule has 114 valence electrons. The molecule has 0 spiro atoms. The second-order valence-electron chi connectivity index (χ2n) is 3.82. The van der Waals surface area contributed by atoms with Gasteiger partial charge in [0.25, 0.3) is 0 Å². The molecule has 10 nitrogen and oxygen atoms in total. The Hall–Kier alpha value is 1.22. The van der Waals surface area contributed by atoms with Gasteiger partial charge in [0.05, 0.1) is 17.9 Å². The van der Waals surface area contributed by atoms with Crippen molar-refractivity contribution in [3.63, 3.8) is 0 Å². The Balaban J connectivity index is -0.000000602. The van der Waals surface area contributed by atoms with E-state index in [2.05, 4.69) is 0 Å². The van der Waals surface area contributed by atoms with E-state index in [0.29, 0.717) is 4.90 Å². The maximum Gasteiger partial charge on any atom is 2.00 e. The van der Waals surface area contributed by atoms with Crippen LogP contribution in [0.15, 0.2) is 0 Å². The molecule has 0 heterocycles. The number of hydrogen-bond donors (Lipinski definition) is 0. The Morgan fingerprint density at radius 3 is 1.57 bits per heavy atom. The molecule has 0 rings (SSSR count). The smallest absolute Gasteiger partial charge is 0.835 e. The van der Waals surface area contributed by atoms with Crippen LogP contribution in [0.1, 0.15) is 0 Å². The Morgan fingerprint density at radius 2 is 1.26 bits per heavy atom. The van der Waals surface area contributed by atoms with E-state index in [4.69, 9.17) is 0 Å². The van der Waals surface area contributed by atoms with Gasteiger partial charge in [0, 0.05) is 32.7 Å². The first-order valence-electron chi connectivity index (χ1n) is 5.43. The molecular weight excluding hydrogens is 362 g/mol. The number of nitrogens with zero attached hydrogens (tertiary/aromatic N) is 2. The summed E-state index contributed by atoms with van der Waals surface area (Å²) >= 11 is 0. The first kappa shape index (κ1) is 31.9. The van der Waals surface area contributed by atoms with E-state index in [9.17, 15) is 39.6 Å². The minimum Gasteiger partial charge on any atom is -0.835 e. The topological polar surface area (TPSA) is 167 Å². The molecular formula is C10H12CaN2Na2O8. The average Bonchev–Trinajstić information content (AvgIpc) is 2.31. The van der Waals surface area contributed by atoms with Crippen molar-refractivity contribution in [3.8, 4) is 0 Å². The van der Waals surface area contributed by atoms with Crippen LogP contribution in [-0.2, 0) is 19.2 Å². The van der Waals surface area contributed by atoms with Gasteiger partial charge in [-0.3, -0.25) is 4.90 Å². The van der Waals surface area contributed by atoms with Crippen molar-refractivity contribution in [2.24, 2.45) is 0 Å². The third-order valence-electron chi connectivity index (χ3n) is 2.22. The summed E-state index contributed by atoms with van der Waals surface area (Å²) < 4.78 is 0. The van der Waals surface area contributed by atoms with Gasteiger partial charge in [-0.15, -0.1) is 0 Å². The predicted molar refractivity (Wildman–Crippen MR) is 58.6 cm³/mol. The Labute approximate surface area is 206 Å². The van der Waals surface area contributed by atoms with Crippen LogP contribution >= 0.6 is 0 Å². The van der Waals surface area contributed by atoms with Crippen molar-refractivity contribution in [1.82, 2.24) is 9.80 Å². The maximum atomic E-state index is 11.2. The van der Waals surface area contributed by atoms with Gasteiger partial charge in [-0.25, -0.2) is 0 Å². The van der Waals surface area contributed by atoms with Crippen LogP contribution in [0.3, 0.4) is 0 Å². The second-order valence-corrected chi connectivity index (χ2v) is 3.82. The fourth-order valence-corrected chi connectivity index (χ4v) is 1.40. The fraction of sp³-hybridized carbons (Fsp3) is 0.600. The van der Waals surface area contributed by atoms with Gasteiger partial charge in [-0.05, 0) is 6.23 Å². The van der Waals surface area contributed by atoms with Crippen molar-refractivity contribution >= 4 is 61.9 Å². The van der Waals surface area contributed by atoms with Gasteiger partial charge in [-0.1, -0.05) is 0 Å². The van der Waals surface area contributed by atoms with Gasteiger partial charge in [-0.2, -0.15) is 0 Å². The summed E-state index contributed by atoms with van der Waals surface area (Å²) in [5.41, 5.74) is 0. The number of carbonyl (C=O) groups excluding carboxylic acids is 4. The van der Waals surface area contributed by atoms with E-state index >= 15 is 0 Å². The molecule has 0 N–H and O–H groups in total. The third-order valence-corrected chi connectivity index (χ3v) is 2.22. The number of hydrogen-bond acceptors (Lipinski definition) is 10. The minimum atomic E-state index is -1.97. The average molecular weight is 374 g/mol. The van der Waals surface area contributed by atoms with Gasteiger partial charge in [0.15, 0.2) is 0 Å². The minimum absolute atomic E-state index is 0. The van der Waals surface area contributed by atoms with Crippen LogP contribution in [0.2, 0.25) is 0 Å². The molecule has 1 atom stereocenters. The molecule has 0 aromatic heterocycles. The summed E-state index contributed by atoms with van der Waals surface area (Å²) in [7, 11) is 0. The second kappa shape index (κ2) is 18.0. The van der Waals surface area contributed by atoms with Crippen LogP contribution < -0.4 is 79.5 Å². The molecule has 0 saturated heterocycles. The number of carbonyl (C=O) groups is 4. The van der Waals surface area contributed by atoms with Crippen LogP contribution in [0, 0.1) is 0 Å². The molecule has 13 heteroatoms. The maximum absolute atomic E-state index is 11.2. The zero-order valence-corrected chi connectivity index (χ0v) is 19.3. The predicted octanol–water partition coefficient (Wildman–Crippen LogP) is -13.6. The first-order valence-corrected chi connectivity index (χ1v) is 5.43. The Kier molecular flexibility index (Phi) is 25.0. The molecule has 0 amide bonds. The monoisotopic (exact) mass is 374 g/mol. The molecule has 1 unspecified atom stereocenters. The van der Waals surface area contributed by atoms with E-state index in [1.807, 2.05) is 0 Å². The summed E-state index contributed by atoms with van der Waals surface area (Å²) in [6, 6.07) is 0. The van der Waals surface area contributed by atoms with Crippen molar-refractivity contribution in [3.05, 3.63) is 0 Å². The molecule has 0 radical (unpaired) electrons. The molecule has 0 aliphatic rings. The Bertz CT molecular complexity index is 372. The van der Waals surface area contributed by atoms with E-state index in [-0.39, 0.29) is 116 Å². The summed E-state index contributed by atoms with van der Waals surface area (Å²) in [6.45, 7) is -2.92. The van der Waals surface area contributed by atoms with Crippen molar-refractivity contribution < 1.29 is 98.7 Å². The number of carboxylic acids is 3. The number of rotatable bonds is 11. The summed E-state index contributed by atoms with van der Waals surface area (Å²) in [6.07, 6.45) is -2.01. The number of aldehydes is 1. The number of aliphatic carboxylic acids is 3. The van der Waals surface area contributed by atoms with Crippen molar-refractivity contribution in [1.29, 1.82) is 0 Å². The van der Waals surface area contributed by atoms with E-state index in [1.165, 1.54) is 0 Å². The zero-order valence-electron chi connectivity index (χ0n) is 13.1. The zero-order chi connectivity index (χ0) is 15.7. The summed E-state index contributed by atoms with van der Waals surface area (Å²) in [5.74, 6) is -4.70.